The van der Waals surface area contributed by atoms with Crippen LogP contribution in [0.2, 0.25) is 0 Å². The molecule has 0 saturated carbocycles. The molecule has 0 saturated heterocycles. The first-order valence-corrected chi connectivity index (χ1v) is 19.3. The number of benzene rings is 8. The van der Waals surface area contributed by atoms with Crippen molar-refractivity contribution in [2.24, 2.45) is 0 Å². The van der Waals surface area contributed by atoms with Gasteiger partial charge >= 0.3 is 0 Å². The normalized spacial score (nSPS) is 15.6. The summed E-state index contributed by atoms with van der Waals surface area (Å²) < 4.78 is 53.7. The number of fused-ring (bicyclic) bond motifs is 9. The summed E-state index contributed by atoms with van der Waals surface area (Å²) in [5.41, 5.74) is 13.8. The Bertz CT molecular complexity index is 3270. The van der Waals surface area contributed by atoms with Crippen LogP contribution in [0.25, 0.3) is 44.2 Å². The summed E-state index contributed by atoms with van der Waals surface area (Å²) in [6.07, 6.45) is 0. The molecule has 0 unspecified atom stereocenters. The summed E-state index contributed by atoms with van der Waals surface area (Å²) in [7, 11) is 0. The summed E-state index contributed by atoms with van der Waals surface area (Å²) in [6.45, 7) is 8.11. The third kappa shape index (κ3) is 4.44. The Balaban J connectivity index is 1.25. The van der Waals surface area contributed by atoms with Crippen LogP contribution in [0.5, 0.6) is 0 Å². The molecule has 0 aliphatic heterocycles. The van der Waals surface area contributed by atoms with E-state index >= 15 is 0 Å². The van der Waals surface area contributed by atoms with Crippen molar-refractivity contribution in [1.29, 1.82) is 0 Å². The van der Waals surface area contributed by atoms with Crippen LogP contribution in [0.3, 0.4) is 0 Å². The van der Waals surface area contributed by atoms with E-state index in [0.717, 1.165) is 50.3 Å². The van der Waals surface area contributed by atoms with Gasteiger partial charge in [0.1, 0.15) is 11.2 Å². The standard InChI is InChI=1S/C54H41NO/c1-34-23-27-45-46-31-38(26-30-51(46)56-52(45)35(34)2)55(39-24-28-43-41-19-11-13-21-47(41)53(3,4)49(43)32-39)40-25-29-44-42-20-12-14-22-48(42)54(50(44)33-40,36-15-7-5-8-16-36)37-17-9-6-10-18-37/h5-33H,1-4H3/i23D,26D,27D,30D,31D. The van der Waals surface area contributed by atoms with Gasteiger partial charge in [0.25, 0.3) is 0 Å². The van der Waals surface area contributed by atoms with Crippen molar-refractivity contribution >= 4 is 39.0 Å². The van der Waals surface area contributed by atoms with Gasteiger partial charge in [-0.05, 0) is 123 Å². The van der Waals surface area contributed by atoms with E-state index in [9.17, 15) is 4.11 Å². The monoisotopic (exact) mass is 724 g/mol. The maximum atomic E-state index is 10.1. The molecule has 1 heterocycles. The third-order valence-corrected chi connectivity index (χ3v) is 12.5. The molecule has 0 amide bonds. The Morgan fingerprint density at radius 2 is 1.05 bits per heavy atom. The van der Waals surface area contributed by atoms with Crippen LogP contribution in [-0.4, -0.2) is 0 Å². The maximum absolute atomic E-state index is 10.1. The van der Waals surface area contributed by atoms with Crippen LogP contribution in [0.1, 0.15) is 65.2 Å². The zero-order valence-corrected chi connectivity index (χ0v) is 31.7. The zero-order chi connectivity index (χ0) is 42.1. The molecule has 0 spiro atoms. The number of hydrogen-bond donors (Lipinski definition) is 0. The predicted molar refractivity (Wildman–Crippen MR) is 233 cm³/mol. The van der Waals surface area contributed by atoms with E-state index in [1.165, 1.54) is 16.7 Å². The summed E-state index contributed by atoms with van der Waals surface area (Å²) in [5, 5.41) is 0.591. The molecule has 268 valence electrons. The molecule has 9 aromatic rings. The predicted octanol–water partition coefficient (Wildman–Crippen LogP) is 14.3. The smallest absolute Gasteiger partial charge is 0.138 e. The van der Waals surface area contributed by atoms with Gasteiger partial charge in [0.05, 0.1) is 12.3 Å². The van der Waals surface area contributed by atoms with Crippen molar-refractivity contribution in [3.8, 4) is 22.3 Å². The van der Waals surface area contributed by atoms with Crippen LogP contribution >= 0.6 is 0 Å². The molecule has 0 fully saturated rings. The lowest BCUT2D eigenvalue weighted by molar-refractivity contribution is 0.660. The quantitative estimate of drug-likeness (QED) is 0.176. The minimum atomic E-state index is -0.698. The number of aryl methyl sites for hydroxylation is 1. The molecule has 0 atom stereocenters. The van der Waals surface area contributed by atoms with E-state index in [1.807, 2.05) is 24.0 Å². The van der Waals surface area contributed by atoms with E-state index in [4.69, 9.17) is 7.16 Å². The highest BCUT2D eigenvalue weighted by Gasteiger charge is 2.46. The topological polar surface area (TPSA) is 16.4 Å². The molecule has 2 heteroatoms. The molecule has 11 rings (SSSR count). The zero-order valence-electron chi connectivity index (χ0n) is 36.7. The van der Waals surface area contributed by atoms with Crippen LogP contribution in [-0.2, 0) is 10.8 Å². The highest BCUT2D eigenvalue weighted by atomic mass is 16.3. The average molecular weight is 725 g/mol. The molecular formula is C54H41NO. The van der Waals surface area contributed by atoms with Crippen molar-refractivity contribution in [2.45, 2.75) is 38.5 Å². The number of rotatable bonds is 5. The van der Waals surface area contributed by atoms with Crippen molar-refractivity contribution in [2.75, 3.05) is 4.90 Å². The molecule has 2 aliphatic carbocycles. The van der Waals surface area contributed by atoms with E-state index in [-0.39, 0.29) is 52.3 Å². The van der Waals surface area contributed by atoms with Gasteiger partial charge in [0.2, 0.25) is 0 Å². The Morgan fingerprint density at radius 1 is 0.500 bits per heavy atom. The molecular weight excluding hydrogens is 679 g/mol. The van der Waals surface area contributed by atoms with E-state index in [0.29, 0.717) is 22.1 Å². The molecule has 8 aromatic carbocycles. The number of furan rings is 1. The minimum absolute atomic E-state index is 0.0323. The van der Waals surface area contributed by atoms with E-state index in [1.54, 1.807) is 6.92 Å². The van der Waals surface area contributed by atoms with E-state index < -0.39 is 5.41 Å². The average Bonchev–Trinajstić information content (AvgIpc) is 3.91. The van der Waals surface area contributed by atoms with Gasteiger partial charge in [-0.15, -0.1) is 0 Å². The fourth-order valence-corrected chi connectivity index (χ4v) is 9.63. The summed E-state index contributed by atoms with van der Waals surface area (Å²) in [6, 6.07) is 50.8. The molecule has 0 radical (unpaired) electrons. The Hall–Kier alpha value is -6.64. The first-order chi connectivity index (χ1) is 29.5. The number of nitrogens with zero attached hydrogens (tertiary/aromatic N) is 1. The molecule has 2 aliphatic rings. The minimum Gasteiger partial charge on any atom is -0.456 e. The lowest BCUT2D eigenvalue weighted by Crippen LogP contribution is -2.28. The second-order valence-electron chi connectivity index (χ2n) is 15.7. The van der Waals surface area contributed by atoms with Crippen molar-refractivity contribution in [1.82, 2.24) is 0 Å². The van der Waals surface area contributed by atoms with Crippen molar-refractivity contribution < 1.29 is 11.3 Å². The Kier molecular flexibility index (Phi) is 5.94. The fourth-order valence-electron chi connectivity index (χ4n) is 9.63. The van der Waals surface area contributed by atoms with Crippen LogP contribution in [0.4, 0.5) is 17.1 Å². The van der Waals surface area contributed by atoms with Gasteiger partial charge < -0.3 is 9.32 Å². The molecule has 2 nitrogen and oxygen atoms in total. The first kappa shape index (κ1) is 27.9. The summed E-state index contributed by atoms with van der Waals surface area (Å²) in [4.78, 5) is 1.97. The molecule has 1 aromatic heterocycles. The van der Waals surface area contributed by atoms with Gasteiger partial charge in [0, 0.05) is 33.2 Å². The third-order valence-electron chi connectivity index (χ3n) is 12.5. The molecule has 0 N–H and O–H groups in total. The second kappa shape index (κ2) is 11.9. The lowest BCUT2D eigenvalue weighted by atomic mass is 9.67. The van der Waals surface area contributed by atoms with Gasteiger partial charge in [-0.25, -0.2) is 0 Å². The van der Waals surface area contributed by atoms with Crippen LogP contribution in [0.15, 0.2) is 180 Å². The molecule has 56 heavy (non-hydrogen) atoms. The number of hydrogen-bond acceptors (Lipinski definition) is 2. The van der Waals surface area contributed by atoms with Crippen LogP contribution in [0, 0.1) is 13.8 Å². The van der Waals surface area contributed by atoms with Gasteiger partial charge in [-0.2, -0.15) is 0 Å². The van der Waals surface area contributed by atoms with E-state index in [2.05, 4.69) is 147 Å². The highest BCUT2D eigenvalue weighted by molar-refractivity contribution is 6.08. The Labute approximate surface area is 335 Å². The second-order valence-corrected chi connectivity index (χ2v) is 15.7. The summed E-state index contributed by atoms with van der Waals surface area (Å²) in [5.74, 6) is 0. The van der Waals surface area contributed by atoms with Crippen molar-refractivity contribution in [3.05, 3.63) is 220 Å². The maximum Gasteiger partial charge on any atom is 0.138 e. The number of anilines is 3. The lowest BCUT2D eigenvalue weighted by Gasteiger charge is -2.35. The largest absolute Gasteiger partial charge is 0.456 e. The highest BCUT2D eigenvalue weighted by Crippen LogP contribution is 2.58. The van der Waals surface area contributed by atoms with Gasteiger partial charge in [-0.1, -0.05) is 147 Å². The summed E-state index contributed by atoms with van der Waals surface area (Å²) >= 11 is 0. The Morgan fingerprint density at radius 3 is 1.73 bits per heavy atom. The van der Waals surface area contributed by atoms with Gasteiger partial charge in [-0.3, -0.25) is 0 Å². The fraction of sp³-hybridized carbons (Fsp3) is 0.111. The van der Waals surface area contributed by atoms with Crippen molar-refractivity contribution in [3.63, 3.8) is 0 Å². The van der Waals surface area contributed by atoms with Crippen LogP contribution < -0.4 is 4.90 Å². The van der Waals surface area contributed by atoms with Gasteiger partial charge in [0.15, 0.2) is 0 Å². The SMILES string of the molecule is [2H]c1c(N(c2ccc3c(c2)C(C)(C)c2ccccc2-3)c2ccc3c(c2)C(c2ccccc2)(c2ccccc2)c2ccccc2-3)c([2H])c2c(oc3c(C)c(C)c([2H])c([2H])c32)c1[2H]. The molecule has 0 bridgehead atoms. The first-order valence-electron chi connectivity index (χ1n) is 21.8.